The van der Waals surface area contributed by atoms with Crippen LogP contribution in [0.4, 0.5) is 0 Å². The highest BCUT2D eigenvalue weighted by Gasteiger charge is 2.22. The van der Waals surface area contributed by atoms with Gasteiger partial charge in [-0.3, -0.25) is 4.90 Å². The Morgan fingerprint density at radius 3 is 3.20 bits per heavy atom. The van der Waals surface area contributed by atoms with E-state index in [1.54, 1.807) is 11.3 Å². The highest BCUT2D eigenvalue weighted by Crippen LogP contribution is 2.19. The summed E-state index contributed by atoms with van der Waals surface area (Å²) in [6, 6.07) is 0.114. The van der Waals surface area contributed by atoms with Crippen molar-refractivity contribution in [3.63, 3.8) is 0 Å². The number of hydrogen-bond donors (Lipinski definition) is 0. The lowest BCUT2D eigenvalue weighted by molar-refractivity contribution is -0.113. The fourth-order valence-electron chi connectivity index (χ4n) is 2.02. The first-order valence-electron chi connectivity index (χ1n) is 5.40. The van der Waals surface area contributed by atoms with Crippen molar-refractivity contribution in [2.45, 2.75) is 38.8 Å². The van der Waals surface area contributed by atoms with Crippen molar-refractivity contribution in [1.82, 2.24) is 9.88 Å². The Labute approximate surface area is 94.1 Å². The Morgan fingerprint density at radius 2 is 2.53 bits per heavy atom. The Balaban J connectivity index is 2.00. The minimum Gasteiger partial charge on any atom is -0.302 e. The molecule has 1 aromatic rings. The molecule has 1 aliphatic rings. The number of thiazole rings is 1. The normalized spacial score (nSPS) is 22.9. The second-order valence-corrected chi connectivity index (χ2v) is 4.99. The topological polar surface area (TPSA) is 33.2 Å². The molecule has 0 bridgehead atoms. The number of carbonyl (C=O) groups excluding carboxylic acids is 1. The molecular weight excluding hydrogens is 208 g/mol. The first kappa shape index (κ1) is 10.8. The van der Waals surface area contributed by atoms with Crippen LogP contribution in [0.1, 0.15) is 30.0 Å². The van der Waals surface area contributed by atoms with Crippen molar-refractivity contribution < 1.29 is 4.79 Å². The van der Waals surface area contributed by atoms with Crippen LogP contribution < -0.4 is 0 Å². The molecule has 0 amide bonds. The van der Waals surface area contributed by atoms with Crippen molar-refractivity contribution in [1.29, 1.82) is 0 Å². The van der Waals surface area contributed by atoms with E-state index in [-0.39, 0.29) is 6.04 Å². The van der Waals surface area contributed by atoms with Gasteiger partial charge in [-0.15, -0.1) is 11.3 Å². The number of piperidine rings is 1. The molecule has 82 valence electrons. The van der Waals surface area contributed by atoms with Crippen LogP contribution in [0.3, 0.4) is 0 Å². The summed E-state index contributed by atoms with van der Waals surface area (Å²) < 4.78 is 0. The van der Waals surface area contributed by atoms with E-state index in [9.17, 15) is 4.79 Å². The average Bonchev–Trinajstić information content (AvgIpc) is 2.65. The van der Waals surface area contributed by atoms with Crippen molar-refractivity contribution in [2.24, 2.45) is 0 Å². The summed E-state index contributed by atoms with van der Waals surface area (Å²) in [6.07, 6.45) is 4.47. The second kappa shape index (κ2) is 4.86. The fourth-order valence-corrected chi connectivity index (χ4v) is 2.81. The van der Waals surface area contributed by atoms with Gasteiger partial charge in [-0.2, -0.15) is 0 Å². The predicted octanol–water partition coefficient (Wildman–Crippen LogP) is 2.00. The van der Waals surface area contributed by atoms with Crippen LogP contribution in [0.25, 0.3) is 0 Å². The van der Waals surface area contributed by atoms with E-state index in [1.165, 1.54) is 12.8 Å². The number of rotatable bonds is 3. The number of carbonyl (C=O) groups is 1. The van der Waals surface area contributed by atoms with E-state index in [0.29, 0.717) is 0 Å². The molecule has 0 aromatic carbocycles. The average molecular weight is 224 g/mol. The van der Waals surface area contributed by atoms with E-state index in [0.717, 1.165) is 36.5 Å². The summed E-state index contributed by atoms with van der Waals surface area (Å²) in [5.41, 5.74) is 1.08. The van der Waals surface area contributed by atoms with Gasteiger partial charge in [0, 0.05) is 11.1 Å². The molecule has 1 aliphatic heterocycles. The zero-order chi connectivity index (χ0) is 10.7. The van der Waals surface area contributed by atoms with Gasteiger partial charge in [0.15, 0.2) is 0 Å². The summed E-state index contributed by atoms with van der Waals surface area (Å²) in [4.78, 5) is 17.6. The van der Waals surface area contributed by atoms with Crippen LogP contribution in [-0.2, 0) is 11.3 Å². The van der Waals surface area contributed by atoms with Crippen LogP contribution in [0, 0.1) is 6.92 Å². The maximum atomic E-state index is 10.9. The quantitative estimate of drug-likeness (QED) is 0.736. The van der Waals surface area contributed by atoms with Gasteiger partial charge in [-0.1, -0.05) is 6.42 Å². The van der Waals surface area contributed by atoms with Crippen molar-refractivity contribution >= 4 is 17.6 Å². The van der Waals surface area contributed by atoms with E-state index in [1.807, 2.05) is 6.92 Å². The van der Waals surface area contributed by atoms with Gasteiger partial charge in [0.25, 0.3) is 0 Å². The van der Waals surface area contributed by atoms with Crippen LogP contribution >= 0.6 is 11.3 Å². The van der Waals surface area contributed by atoms with Crippen LogP contribution in [0.2, 0.25) is 0 Å². The molecule has 0 radical (unpaired) electrons. The van der Waals surface area contributed by atoms with Gasteiger partial charge < -0.3 is 4.79 Å². The molecule has 15 heavy (non-hydrogen) atoms. The first-order chi connectivity index (χ1) is 7.29. The third kappa shape index (κ3) is 2.63. The van der Waals surface area contributed by atoms with Crippen molar-refractivity contribution in [2.75, 3.05) is 6.54 Å². The van der Waals surface area contributed by atoms with E-state index < -0.39 is 0 Å². The number of likely N-dealkylation sites (tertiary alicyclic amines) is 1. The third-order valence-electron chi connectivity index (χ3n) is 2.83. The molecule has 2 rings (SSSR count). The molecular formula is C11H16N2OS. The first-order valence-corrected chi connectivity index (χ1v) is 6.28. The minimum absolute atomic E-state index is 0.114. The molecule has 3 nitrogen and oxygen atoms in total. The van der Waals surface area contributed by atoms with E-state index in [4.69, 9.17) is 0 Å². The van der Waals surface area contributed by atoms with Gasteiger partial charge in [-0.05, 0) is 26.3 Å². The largest absolute Gasteiger partial charge is 0.302 e. The van der Waals surface area contributed by atoms with Gasteiger partial charge in [-0.25, -0.2) is 4.98 Å². The molecule has 0 aliphatic carbocycles. The summed E-state index contributed by atoms with van der Waals surface area (Å²) in [5, 5.41) is 3.19. The second-order valence-electron chi connectivity index (χ2n) is 4.05. The van der Waals surface area contributed by atoms with Gasteiger partial charge in [0.1, 0.15) is 11.3 Å². The lowest BCUT2D eigenvalue weighted by atomic mass is 10.0. The maximum absolute atomic E-state index is 10.9. The third-order valence-corrected chi connectivity index (χ3v) is 3.78. The number of aryl methyl sites for hydroxylation is 1. The molecule has 1 fully saturated rings. The molecule has 0 spiro atoms. The number of aldehydes is 1. The summed E-state index contributed by atoms with van der Waals surface area (Å²) >= 11 is 1.69. The Kier molecular flexibility index (Phi) is 3.49. The fraction of sp³-hybridized carbons (Fsp3) is 0.636. The zero-order valence-corrected chi connectivity index (χ0v) is 9.80. The molecule has 1 saturated heterocycles. The van der Waals surface area contributed by atoms with Gasteiger partial charge in [0.2, 0.25) is 0 Å². The summed E-state index contributed by atoms with van der Waals surface area (Å²) in [7, 11) is 0. The monoisotopic (exact) mass is 224 g/mol. The maximum Gasteiger partial charge on any atom is 0.137 e. The Hall–Kier alpha value is -0.740. The minimum atomic E-state index is 0.114. The Bertz CT molecular complexity index is 337. The van der Waals surface area contributed by atoms with Crippen LogP contribution in [0.15, 0.2) is 5.38 Å². The molecule has 4 heteroatoms. The van der Waals surface area contributed by atoms with E-state index >= 15 is 0 Å². The standard InChI is InChI=1S/C11H16N2OS/c1-9-8-15-11(12-9)6-13-5-3-2-4-10(13)7-14/h7-8,10H,2-6H2,1H3. The summed E-state index contributed by atoms with van der Waals surface area (Å²) in [5.74, 6) is 0. The molecule has 1 atom stereocenters. The molecule has 0 N–H and O–H groups in total. The molecule has 0 saturated carbocycles. The van der Waals surface area contributed by atoms with Crippen LogP contribution in [-0.4, -0.2) is 28.8 Å². The molecule has 1 aromatic heterocycles. The zero-order valence-electron chi connectivity index (χ0n) is 8.98. The lowest BCUT2D eigenvalue weighted by Gasteiger charge is -2.31. The van der Waals surface area contributed by atoms with Crippen molar-refractivity contribution in [3.05, 3.63) is 16.1 Å². The SMILES string of the molecule is Cc1csc(CN2CCCCC2C=O)n1. The van der Waals surface area contributed by atoms with Crippen molar-refractivity contribution in [3.8, 4) is 0 Å². The van der Waals surface area contributed by atoms with Crippen LogP contribution in [0.5, 0.6) is 0 Å². The number of nitrogens with zero attached hydrogens (tertiary/aromatic N) is 2. The predicted molar refractivity (Wildman–Crippen MR) is 61.0 cm³/mol. The van der Waals surface area contributed by atoms with Gasteiger partial charge in [0.05, 0.1) is 12.6 Å². The summed E-state index contributed by atoms with van der Waals surface area (Å²) in [6.45, 7) is 3.87. The number of aromatic nitrogens is 1. The number of hydrogen-bond acceptors (Lipinski definition) is 4. The van der Waals surface area contributed by atoms with Gasteiger partial charge >= 0.3 is 0 Å². The molecule has 2 heterocycles. The van der Waals surface area contributed by atoms with E-state index in [2.05, 4.69) is 15.3 Å². The molecule has 1 unspecified atom stereocenters. The smallest absolute Gasteiger partial charge is 0.137 e. The highest BCUT2D eigenvalue weighted by atomic mass is 32.1. The lowest BCUT2D eigenvalue weighted by Crippen LogP contribution is -2.39. The Morgan fingerprint density at radius 1 is 1.67 bits per heavy atom. The highest BCUT2D eigenvalue weighted by molar-refractivity contribution is 7.09.